The van der Waals surface area contributed by atoms with Crippen molar-refractivity contribution in [3.63, 3.8) is 0 Å². The van der Waals surface area contributed by atoms with Crippen LogP contribution >= 0.6 is 11.6 Å². The first kappa shape index (κ1) is 16.2. The van der Waals surface area contributed by atoms with Gasteiger partial charge in [0.2, 0.25) is 10.0 Å². The molecule has 0 saturated carbocycles. The maximum absolute atomic E-state index is 12.5. The highest BCUT2D eigenvalue weighted by Crippen LogP contribution is 2.25. The molecule has 1 rings (SSSR count). The maximum Gasteiger partial charge on any atom is 0.244 e. The summed E-state index contributed by atoms with van der Waals surface area (Å²) in [4.78, 5) is 3.96. The number of hydrogen-bond acceptors (Lipinski definition) is 5. The summed E-state index contributed by atoms with van der Waals surface area (Å²) in [5.74, 6) is 5.45. The molecule has 6 nitrogen and oxygen atoms in total. The van der Waals surface area contributed by atoms with Gasteiger partial charge in [-0.25, -0.2) is 19.2 Å². The minimum atomic E-state index is -3.59. The number of nitrogens with zero attached hydrogens (tertiary/aromatic N) is 2. The zero-order valence-corrected chi connectivity index (χ0v) is 12.8. The first-order chi connectivity index (χ1) is 8.88. The molecule has 0 radical (unpaired) electrons. The minimum Gasteiger partial charge on any atom is -0.307 e. The summed E-state index contributed by atoms with van der Waals surface area (Å²) in [6.07, 6.45) is 1.98. The van der Waals surface area contributed by atoms with Crippen LogP contribution in [0.5, 0.6) is 0 Å². The van der Waals surface area contributed by atoms with E-state index in [4.69, 9.17) is 17.4 Å². The number of sulfonamides is 1. The first-order valence-corrected chi connectivity index (χ1v) is 7.84. The third-order valence-corrected chi connectivity index (χ3v) is 5.30. The van der Waals surface area contributed by atoms with Crippen LogP contribution in [0.3, 0.4) is 0 Å². The van der Waals surface area contributed by atoms with E-state index in [9.17, 15) is 8.42 Å². The molecule has 1 heterocycles. The lowest BCUT2D eigenvalue weighted by molar-refractivity contribution is 0.342. The Labute approximate surface area is 119 Å². The van der Waals surface area contributed by atoms with Gasteiger partial charge in [0.05, 0.1) is 5.02 Å². The average molecular weight is 307 g/mol. The van der Waals surface area contributed by atoms with Crippen LogP contribution in [0.2, 0.25) is 5.02 Å². The van der Waals surface area contributed by atoms with Crippen LogP contribution in [0.25, 0.3) is 0 Å². The van der Waals surface area contributed by atoms with Gasteiger partial charge >= 0.3 is 0 Å². The summed E-state index contributed by atoms with van der Waals surface area (Å²) in [5.41, 5.74) is 2.30. The Morgan fingerprint density at radius 2 is 2.16 bits per heavy atom. The number of rotatable bonds is 6. The van der Waals surface area contributed by atoms with Crippen LogP contribution in [0.1, 0.15) is 27.2 Å². The number of aromatic nitrogens is 1. The van der Waals surface area contributed by atoms with Crippen LogP contribution in [-0.4, -0.2) is 30.3 Å². The number of nitrogen functional groups attached to an aromatic ring is 1. The Hall–Kier alpha value is -0.890. The molecule has 1 aromatic heterocycles. The van der Waals surface area contributed by atoms with Gasteiger partial charge in [-0.3, -0.25) is 0 Å². The first-order valence-electron chi connectivity index (χ1n) is 6.02. The summed E-state index contributed by atoms with van der Waals surface area (Å²) in [6.45, 7) is 6.00. The molecule has 0 fully saturated rings. The van der Waals surface area contributed by atoms with Gasteiger partial charge in [0, 0.05) is 18.8 Å². The number of hydrogen-bond donors (Lipinski definition) is 2. The number of hydrazine groups is 1. The topological polar surface area (TPSA) is 88.3 Å². The van der Waals surface area contributed by atoms with Crippen molar-refractivity contribution in [1.29, 1.82) is 0 Å². The van der Waals surface area contributed by atoms with Crippen LogP contribution in [-0.2, 0) is 10.0 Å². The fourth-order valence-corrected chi connectivity index (χ4v) is 3.70. The summed E-state index contributed by atoms with van der Waals surface area (Å²) >= 11 is 5.91. The minimum absolute atomic E-state index is 0.0682. The Bertz CT molecular complexity index is 535. The van der Waals surface area contributed by atoms with E-state index >= 15 is 0 Å². The van der Waals surface area contributed by atoms with Crippen LogP contribution in [0.15, 0.2) is 17.2 Å². The number of pyridine rings is 1. The summed E-state index contributed by atoms with van der Waals surface area (Å²) < 4.78 is 26.4. The summed E-state index contributed by atoms with van der Waals surface area (Å²) in [6, 6.07) is 1.27. The van der Waals surface area contributed by atoms with E-state index in [-0.39, 0.29) is 21.8 Å². The molecule has 0 bridgehead atoms. The molecule has 0 aromatic carbocycles. The smallest absolute Gasteiger partial charge is 0.244 e. The molecule has 0 aliphatic carbocycles. The molecule has 3 N–H and O–H groups in total. The third kappa shape index (κ3) is 3.36. The van der Waals surface area contributed by atoms with Crippen molar-refractivity contribution in [2.75, 3.05) is 12.0 Å². The fourth-order valence-electron chi connectivity index (χ4n) is 1.73. The largest absolute Gasteiger partial charge is 0.307 e. The highest BCUT2D eigenvalue weighted by molar-refractivity contribution is 7.89. The molecule has 8 heteroatoms. The Morgan fingerprint density at radius 3 is 2.58 bits per heavy atom. The van der Waals surface area contributed by atoms with E-state index in [1.165, 1.54) is 16.6 Å². The Kier molecular flexibility index (Phi) is 5.54. The SMILES string of the molecule is CCC(C)N(CC)S(=O)(=O)c1cnc(NN)c(Cl)c1. The van der Waals surface area contributed by atoms with Gasteiger partial charge in [-0.2, -0.15) is 4.31 Å². The highest BCUT2D eigenvalue weighted by Gasteiger charge is 2.27. The molecule has 19 heavy (non-hydrogen) atoms. The van der Waals surface area contributed by atoms with Gasteiger partial charge < -0.3 is 5.43 Å². The van der Waals surface area contributed by atoms with E-state index < -0.39 is 10.0 Å². The van der Waals surface area contributed by atoms with Crippen molar-refractivity contribution in [1.82, 2.24) is 9.29 Å². The van der Waals surface area contributed by atoms with Crippen LogP contribution < -0.4 is 11.3 Å². The number of anilines is 1. The van der Waals surface area contributed by atoms with Gasteiger partial charge in [0.15, 0.2) is 5.82 Å². The predicted octanol–water partition coefficient (Wildman–Crippen LogP) is 1.83. The number of nitrogens with one attached hydrogen (secondary N) is 1. The molecular weight excluding hydrogens is 288 g/mol. The molecule has 1 aromatic rings. The molecule has 1 atom stereocenters. The molecule has 0 saturated heterocycles. The zero-order chi connectivity index (χ0) is 14.6. The standard InChI is InChI=1S/C11H19ClN4O2S/c1-4-8(3)16(5-2)19(17,18)9-6-10(12)11(15-13)14-7-9/h6-8H,4-5,13H2,1-3H3,(H,14,15). The van der Waals surface area contributed by atoms with E-state index in [1.807, 2.05) is 13.8 Å². The van der Waals surface area contributed by atoms with E-state index in [1.54, 1.807) is 6.92 Å². The van der Waals surface area contributed by atoms with Crippen molar-refractivity contribution >= 4 is 27.4 Å². The van der Waals surface area contributed by atoms with E-state index in [0.29, 0.717) is 6.54 Å². The zero-order valence-electron chi connectivity index (χ0n) is 11.2. The Morgan fingerprint density at radius 1 is 1.53 bits per heavy atom. The molecule has 0 amide bonds. The van der Waals surface area contributed by atoms with Crippen molar-refractivity contribution in [3.05, 3.63) is 17.3 Å². The fraction of sp³-hybridized carbons (Fsp3) is 0.545. The van der Waals surface area contributed by atoms with Crippen molar-refractivity contribution < 1.29 is 8.42 Å². The lowest BCUT2D eigenvalue weighted by atomic mass is 10.3. The van der Waals surface area contributed by atoms with Gasteiger partial charge in [-0.15, -0.1) is 0 Å². The predicted molar refractivity (Wildman–Crippen MR) is 76.4 cm³/mol. The summed E-state index contributed by atoms with van der Waals surface area (Å²) in [7, 11) is -3.59. The second-order valence-electron chi connectivity index (χ2n) is 4.11. The monoisotopic (exact) mass is 306 g/mol. The molecule has 108 valence electrons. The van der Waals surface area contributed by atoms with Gasteiger partial charge in [-0.05, 0) is 19.4 Å². The van der Waals surface area contributed by atoms with Crippen molar-refractivity contribution in [2.24, 2.45) is 5.84 Å². The Balaban J connectivity index is 3.22. The molecule has 1 unspecified atom stereocenters. The van der Waals surface area contributed by atoms with Gasteiger partial charge in [0.1, 0.15) is 4.90 Å². The molecule has 0 aliphatic heterocycles. The maximum atomic E-state index is 12.5. The average Bonchev–Trinajstić information content (AvgIpc) is 2.38. The normalized spacial score (nSPS) is 13.6. The van der Waals surface area contributed by atoms with Gasteiger partial charge in [-0.1, -0.05) is 25.4 Å². The third-order valence-electron chi connectivity index (χ3n) is 2.95. The highest BCUT2D eigenvalue weighted by atomic mass is 35.5. The number of halogens is 1. The van der Waals surface area contributed by atoms with Crippen LogP contribution in [0.4, 0.5) is 5.82 Å². The lowest BCUT2D eigenvalue weighted by Crippen LogP contribution is -2.38. The summed E-state index contributed by atoms with van der Waals surface area (Å²) in [5, 5.41) is 0.170. The quantitative estimate of drug-likeness (QED) is 0.618. The van der Waals surface area contributed by atoms with E-state index in [0.717, 1.165) is 6.42 Å². The second-order valence-corrected chi connectivity index (χ2v) is 6.41. The lowest BCUT2D eigenvalue weighted by Gasteiger charge is -2.26. The molecule has 0 aliphatic rings. The molecule has 0 spiro atoms. The van der Waals surface area contributed by atoms with E-state index in [2.05, 4.69) is 10.4 Å². The molecular formula is C11H19ClN4O2S. The van der Waals surface area contributed by atoms with Crippen molar-refractivity contribution in [2.45, 2.75) is 38.1 Å². The second kappa shape index (κ2) is 6.51. The number of nitrogens with two attached hydrogens (primary N) is 1. The van der Waals surface area contributed by atoms with Crippen LogP contribution in [0, 0.1) is 0 Å². The van der Waals surface area contributed by atoms with Crippen molar-refractivity contribution in [3.8, 4) is 0 Å². The van der Waals surface area contributed by atoms with Gasteiger partial charge in [0.25, 0.3) is 0 Å².